The molecule has 2 nitrogen and oxygen atoms in total. The fourth-order valence-corrected chi connectivity index (χ4v) is 3.91. The van der Waals surface area contributed by atoms with Crippen LogP contribution in [-0.2, 0) is 0 Å². The van der Waals surface area contributed by atoms with Gasteiger partial charge in [0.15, 0.2) is 0 Å². The lowest BCUT2D eigenvalue weighted by molar-refractivity contribution is 0.320. The van der Waals surface area contributed by atoms with E-state index in [1.165, 1.54) is 43.1 Å². The van der Waals surface area contributed by atoms with Gasteiger partial charge in [-0.2, -0.15) is 0 Å². The highest BCUT2D eigenvalue weighted by atomic mass is 32.2. The van der Waals surface area contributed by atoms with E-state index in [0.29, 0.717) is 0 Å². The van der Waals surface area contributed by atoms with E-state index >= 15 is 0 Å². The number of rotatable bonds is 3. The zero-order valence-electron chi connectivity index (χ0n) is 9.51. The van der Waals surface area contributed by atoms with Gasteiger partial charge in [0.05, 0.1) is 5.03 Å². The predicted octanol–water partition coefficient (Wildman–Crippen LogP) is 2.66. The highest BCUT2D eigenvalue weighted by Gasteiger charge is 2.34. The molecule has 3 heteroatoms. The van der Waals surface area contributed by atoms with Crippen molar-refractivity contribution in [1.29, 1.82) is 0 Å². The maximum atomic E-state index is 4.36. The average molecular weight is 234 g/mol. The molecule has 0 N–H and O–H groups in total. The molecule has 16 heavy (non-hydrogen) atoms. The van der Waals surface area contributed by atoms with E-state index in [2.05, 4.69) is 22.0 Å². The molecule has 2 fully saturated rings. The van der Waals surface area contributed by atoms with Gasteiger partial charge in [-0.1, -0.05) is 6.07 Å². The van der Waals surface area contributed by atoms with E-state index in [0.717, 1.165) is 12.0 Å². The number of nitrogens with zero attached hydrogens (tertiary/aromatic N) is 2. The average Bonchev–Trinajstić information content (AvgIpc) is 2.88. The Kier molecular flexibility index (Phi) is 3.15. The third kappa shape index (κ3) is 2.25. The van der Waals surface area contributed by atoms with E-state index in [9.17, 15) is 0 Å². The van der Waals surface area contributed by atoms with Gasteiger partial charge in [0.1, 0.15) is 0 Å². The lowest BCUT2D eigenvalue weighted by atomic mass is 10.1. The van der Waals surface area contributed by atoms with Crippen molar-refractivity contribution in [3.8, 4) is 0 Å². The first kappa shape index (κ1) is 10.6. The number of pyridine rings is 1. The van der Waals surface area contributed by atoms with Crippen LogP contribution in [0.5, 0.6) is 0 Å². The van der Waals surface area contributed by atoms with E-state index < -0.39 is 0 Å². The van der Waals surface area contributed by atoms with Crippen LogP contribution in [0.3, 0.4) is 0 Å². The van der Waals surface area contributed by atoms with Gasteiger partial charge in [-0.25, -0.2) is 4.98 Å². The molecule has 2 atom stereocenters. The van der Waals surface area contributed by atoms with Crippen LogP contribution in [0.2, 0.25) is 0 Å². The summed E-state index contributed by atoms with van der Waals surface area (Å²) in [6.45, 7) is 2.67. The molecule has 0 spiro atoms. The summed E-state index contributed by atoms with van der Waals surface area (Å²) in [4.78, 5) is 7.05. The summed E-state index contributed by atoms with van der Waals surface area (Å²) in [5, 5.41) is 1.18. The molecule has 0 radical (unpaired) electrons. The fraction of sp³-hybridized carbons (Fsp3) is 0.615. The van der Waals surface area contributed by atoms with Gasteiger partial charge < -0.3 is 4.90 Å². The summed E-state index contributed by atoms with van der Waals surface area (Å²) in [5.41, 5.74) is 0. The second kappa shape index (κ2) is 4.76. The maximum absolute atomic E-state index is 4.36. The summed E-state index contributed by atoms with van der Waals surface area (Å²) in [5.74, 6) is 2.13. The molecule has 3 rings (SSSR count). The van der Waals surface area contributed by atoms with E-state index in [4.69, 9.17) is 0 Å². The van der Waals surface area contributed by atoms with Crippen LogP contribution < -0.4 is 0 Å². The third-order valence-corrected chi connectivity index (χ3v) is 4.88. The smallest absolute Gasteiger partial charge is 0.0959 e. The van der Waals surface area contributed by atoms with Crippen LogP contribution in [0.4, 0.5) is 0 Å². The largest absolute Gasteiger partial charge is 0.300 e. The molecule has 0 amide bonds. The molecule has 0 aliphatic carbocycles. The second-order valence-electron chi connectivity index (χ2n) is 4.87. The van der Waals surface area contributed by atoms with E-state index in [1.807, 2.05) is 24.0 Å². The monoisotopic (exact) mass is 234 g/mol. The van der Waals surface area contributed by atoms with Gasteiger partial charge in [-0.3, -0.25) is 0 Å². The molecule has 0 saturated carbocycles. The Labute approximate surface area is 101 Å². The molecule has 0 bridgehead atoms. The zero-order chi connectivity index (χ0) is 10.8. The summed E-state index contributed by atoms with van der Waals surface area (Å²) in [6.07, 6.45) is 6.16. The molecule has 0 aromatic carbocycles. The van der Waals surface area contributed by atoms with Crippen LogP contribution in [0.15, 0.2) is 29.4 Å². The normalized spacial score (nSPS) is 29.5. The number of hydrogen-bond acceptors (Lipinski definition) is 3. The van der Waals surface area contributed by atoms with Crippen molar-refractivity contribution < 1.29 is 0 Å². The van der Waals surface area contributed by atoms with Gasteiger partial charge in [0, 0.05) is 24.5 Å². The van der Waals surface area contributed by atoms with Crippen LogP contribution in [0.1, 0.15) is 19.3 Å². The SMILES string of the molecule is c1ccc(SCC2CC3CCCN3C2)nc1. The lowest BCUT2D eigenvalue weighted by Crippen LogP contribution is -2.22. The predicted molar refractivity (Wildman–Crippen MR) is 67.7 cm³/mol. The molecule has 1 aromatic rings. The van der Waals surface area contributed by atoms with Crippen molar-refractivity contribution in [1.82, 2.24) is 9.88 Å². The minimum absolute atomic E-state index is 0.886. The Balaban J connectivity index is 1.50. The van der Waals surface area contributed by atoms with Gasteiger partial charge in [-0.15, -0.1) is 11.8 Å². The van der Waals surface area contributed by atoms with Crippen molar-refractivity contribution in [2.75, 3.05) is 18.8 Å². The Hall–Kier alpha value is -0.540. The Morgan fingerprint density at radius 3 is 3.25 bits per heavy atom. The summed E-state index contributed by atoms with van der Waals surface area (Å²) in [7, 11) is 0. The van der Waals surface area contributed by atoms with Crippen molar-refractivity contribution in [3.63, 3.8) is 0 Å². The second-order valence-corrected chi connectivity index (χ2v) is 5.91. The molecule has 2 aliphatic heterocycles. The maximum Gasteiger partial charge on any atom is 0.0959 e. The highest BCUT2D eigenvalue weighted by molar-refractivity contribution is 7.99. The van der Waals surface area contributed by atoms with Crippen molar-refractivity contribution >= 4 is 11.8 Å². The quantitative estimate of drug-likeness (QED) is 0.748. The molecule has 3 heterocycles. The van der Waals surface area contributed by atoms with Gasteiger partial charge >= 0.3 is 0 Å². The van der Waals surface area contributed by atoms with Gasteiger partial charge in [0.25, 0.3) is 0 Å². The molecule has 1 aromatic heterocycles. The van der Waals surface area contributed by atoms with Crippen LogP contribution in [0.25, 0.3) is 0 Å². The molecule has 2 unspecified atom stereocenters. The molecular formula is C13H18N2S. The first-order valence-electron chi connectivity index (χ1n) is 6.20. The van der Waals surface area contributed by atoms with Crippen molar-refractivity contribution in [3.05, 3.63) is 24.4 Å². The Morgan fingerprint density at radius 1 is 1.44 bits per heavy atom. The molecule has 2 saturated heterocycles. The Bertz CT molecular complexity index is 329. The van der Waals surface area contributed by atoms with E-state index in [1.54, 1.807) is 0 Å². The minimum atomic E-state index is 0.886. The number of aromatic nitrogens is 1. The molecular weight excluding hydrogens is 216 g/mol. The van der Waals surface area contributed by atoms with Crippen molar-refractivity contribution in [2.45, 2.75) is 30.3 Å². The first-order valence-corrected chi connectivity index (χ1v) is 7.18. The molecule has 86 valence electrons. The first-order chi connectivity index (χ1) is 7.92. The van der Waals surface area contributed by atoms with Crippen LogP contribution in [-0.4, -0.2) is 34.8 Å². The third-order valence-electron chi connectivity index (χ3n) is 3.70. The number of thioether (sulfide) groups is 1. The van der Waals surface area contributed by atoms with Crippen LogP contribution >= 0.6 is 11.8 Å². The van der Waals surface area contributed by atoms with Gasteiger partial charge in [-0.05, 0) is 43.9 Å². The number of fused-ring (bicyclic) bond motifs is 1. The molecule has 2 aliphatic rings. The summed E-state index contributed by atoms with van der Waals surface area (Å²) in [6, 6.07) is 7.08. The topological polar surface area (TPSA) is 16.1 Å². The lowest BCUT2D eigenvalue weighted by Gasteiger charge is -2.12. The van der Waals surface area contributed by atoms with E-state index in [-0.39, 0.29) is 0 Å². The standard InChI is InChI=1S/C13H18N2S/c1-2-6-14-13(5-1)16-10-11-8-12-4-3-7-15(12)9-11/h1-2,5-6,11-12H,3-4,7-10H2. The highest BCUT2D eigenvalue weighted by Crippen LogP contribution is 2.33. The Morgan fingerprint density at radius 2 is 2.44 bits per heavy atom. The summed E-state index contributed by atoms with van der Waals surface area (Å²) < 4.78 is 0. The van der Waals surface area contributed by atoms with Gasteiger partial charge in [0.2, 0.25) is 0 Å². The number of hydrogen-bond donors (Lipinski definition) is 0. The summed E-state index contributed by atoms with van der Waals surface area (Å²) >= 11 is 1.92. The zero-order valence-corrected chi connectivity index (χ0v) is 10.3. The minimum Gasteiger partial charge on any atom is -0.300 e. The van der Waals surface area contributed by atoms with Crippen LogP contribution in [0, 0.1) is 5.92 Å². The fourth-order valence-electron chi connectivity index (χ4n) is 2.95. The van der Waals surface area contributed by atoms with Crippen molar-refractivity contribution in [2.24, 2.45) is 5.92 Å².